The second kappa shape index (κ2) is 5.62. The van der Waals surface area contributed by atoms with Crippen LogP contribution < -0.4 is 5.32 Å². The van der Waals surface area contributed by atoms with E-state index in [9.17, 15) is 4.79 Å². The van der Waals surface area contributed by atoms with Crippen LogP contribution in [0.2, 0.25) is 0 Å². The molecule has 1 fully saturated rings. The van der Waals surface area contributed by atoms with E-state index in [2.05, 4.69) is 5.32 Å². The highest BCUT2D eigenvalue weighted by Gasteiger charge is 2.13. The molecule has 0 unspecified atom stereocenters. The number of hydrogen-bond donors (Lipinski definition) is 1. The third-order valence-electron chi connectivity index (χ3n) is 2.27. The monoisotopic (exact) mass is 182 g/mol. The van der Waals surface area contributed by atoms with Gasteiger partial charge in [-0.25, -0.2) is 4.79 Å². The largest absolute Gasteiger partial charge is 0.325 e. The van der Waals surface area contributed by atoms with Crippen LogP contribution in [0.3, 0.4) is 0 Å². The Morgan fingerprint density at radius 1 is 1.23 bits per heavy atom. The Kier molecular flexibility index (Phi) is 4.36. The number of rotatable bonds is 1. The number of allylic oxidation sites excluding steroid dienone is 1. The Hall–Kier alpha value is -0.990. The highest BCUT2D eigenvalue weighted by Crippen LogP contribution is 2.09. The Balaban J connectivity index is 2.34. The van der Waals surface area contributed by atoms with Crippen LogP contribution >= 0.6 is 0 Å². The number of nitrogens with one attached hydrogen (secondary N) is 1. The third kappa shape index (κ3) is 3.49. The average molecular weight is 182 g/mol. The van der Waals surface area contributed by atoms with Gasteiger partial charge in [0.05, 0.1) is 0 Å². The van der Waals surface area contributed by atoms with E-state index in [0.29, 0.717) is 0 Å². The van der Waals surface area contributed by atoms with Crippen molar-refractivity contribution in [2.45, 2.75) is 32.6 Å². The van der Waals surface area contributed by atoms with Crippen LogP contribution in [0.4, 0.5) is 4.79 Å². The highest BCUT2D eigenvalue weighted by molar-refractivity contribution is 5.75. The molecule has 1 heterocycles. The van der Waals surface area contributed by atoms with Crippen LogP contribution in [0.15, 0.2) is 12.3 Å². The average Bonchev–Trinajstić information content (AvgIpc) is 2.42. The summed E-state index contributed by atoms with van der Waals surface area (Å²) in [5.74, 6) is 0. The van der Waals surface area contributed by atoms with Crippen LogP contribution in [0.1, 0.15) is 32.6 Å². The molecule has 3 heteroatoms. The minimum atomic E-state index is 0.0417. The van der Waals surface area contributed by atoms with Crippen molar-refractivity contribution in [3.63, 3.8) is 0 Å². The normalized spacial score (nSPS) is 18.7. The predicted molar refractivity (Wildman–Crippen MR) is 53.4 cm³/mol. The summed E-state index contributed by atoms with van der Waals surface area (Å²) in [5.41, 5.74) is 0. The molecule has 0 aromatic heterocycles. The first kappa shape index (κ1) is 10.1. The van der Waals surface area contributed by atoms with Crippen molar-refractivity contribution in [2.24, 2.45) is 0 Å². The van der Waals surface area contributed by atoms with Crippen molar-refractivity contribution >= 4 is 6.03 Å². The molecule has 3 nitrogen and oxygen atoms in total. The van der Waals surface area contributed by atoms with Crippen LogP contribution in [0, 0.1) is 0 Å². The first-order valence-electron chi connectivity index (χ1n) is 5.01. The maximum Gasteiger partial charge on any atom is 0.321 e. The van der Waals surface area contributed by atoms with Gasteiger partial charge in [-0.2, -0.15) is 0 Å². The van der Waals surface area contributed by atoms with E-state index in [-0.39, 0.29) is 6.03 Å². The van der Waals surface area contributed by atoms with Crippen molar-refractivity contribution in [2.75, 3.05) is 13.1 Å². The number of amides is 2. The molecular weight excluding hydrogens is 164 g/mol. The molecule has 0 aromatic carbocycles. The smallest absolute Gasteiger partial charge is 0.321 e. The lowest BCUT2D eigenvalue weighted by atomic mass is 10.2. The van der Waals surface area contributed by atoms with Gasteiger partial charge in [0.25, 0.3) is 0 Å². The van der Waals surface area contributed by atoms with Crippen LogP contribution in [0.5, 0.6) is 0 Å². The van der Waals surface area contributed by atoms with Crippen molar-refractivity contribution in [1.82, 2.24) is 10.2 Å². The molecule has 1 saturated heterocycles. The zero-order valence-electron chi connectivity index (χ0n) is 8.25. The number of carbonyl (C=O) groups is 1. The number of nitrogens with zero attached hydrogens (tertiary/aromatic N) is 1. The summed E-state index contributed by atoms with van der Waals surface area (Å²) in [5, 5.41) is 2.74. The van der Waals surface area contributed by atoms with Crippen LogP contribution in [-0.2, 0) is 0 Å². The molecule has 2 amide bonds. The van der Waals surface area contributed by atoms with E-state index in [0.717, 1.165) is 25.9 Å². The van der Waals surface area contributed by atoms with E-state index in [1.165, 1.54) is 12.8 Å². The van der Waals surface area contributed by atoms with E-state index >= 15 is 0 Å². The van der Waals surface area contributed by atoms with Gasteiger partial charge in [-0.15, -0.1) is 0 Å². The molecule has 0 saturated carbocycles. The zero-order chi connectivity index (χ0) is 9.52. The second-order valence-corrected chi connectivity index (χ2v) is 3.35. The third-order valence-corrected chi connectivity index (χ3v) is 2.27. The molecule has 0 spiro atoms. The molecule has 1 aliphatic rings. The summed E-state index contributed by atoms with van der Waals surface area (Å²) in [6.07, 6.45) is 8.32. The fraction of sp³-hybridized carbons (Fsp3) is 0.700. The van der Waals surface area contributed by atoms with E-state index in [4.69, 9.17) is 0 Å². The maximum atomic E-state index is 11.5. The molecule has 1 rings (SSSR count). The SMILES string of the molecule is C/C=C/NC(=O)N1CCCCCC1. The Bertz CT molecular complexity index is 181. The summed E-state index contributed by atoms with van der Waals surface area (Å²) < 4.78 is 0. The van der Waals surface area contributed by atoms with Gasteiger partial charge in [0.2, 0.25) is 0 Å². The number of hydrogen-bond acceptors (Lipinski definition) is 1. The van der Waals surface area contributed by atoms with Gasteiger partial charge in [0.15, 0.2) is 0 Å². The van der Waals surface area contributed by atoms with Crippen molar-refractivity contribution in [3.8, 4) is 0 Å². The van der Waals surface area contributed by atoms with Crippen LogP contribution in [0.25, 0.3) is 0 Å². The fourth-order valence-electron chi connectivity index (χ4n) is 1.52. The number of carbonyl (C=O) groups excluding carboxylic acids is 1. The first-order chi connectivity index (χ1) is 6.34. The van der Waals surface area contributed by atoms with Gasteiger partial charge in [-0.1, -0.05) is 18.9 Å². The minimum Gasteiger partial charge on any atom is -0.325 e. The van der Waals surface area contributed by atoms with Gasteiger partial charge in [-0.05, 0) is 19.8 Å². The molecule has 0 bridgehead atoms. The van der Waals surface area contributed by atoms with Crippen LogP contribution in [-0.4, -0.2) is 24.0 Å². The minimum absolute atomic E-state index is 0.0417. The highest BCUT2D eigenvalue weighted by atomic mass is 16.2. The molecule has 74 valence electrons. The van der Waals surface area contributed by atoms with Gasteiger partial charge in [-0.3, -0.25) is 0 Å². The van der Waals surface area contributed by atoms with E-state index < -0.39 is 0 Å². The van der Waals surface area contributed by atoms with Gasteiger partial charge < -0.3 is 10.2 Å². The quantitative estimate of drug-likeness (QED) is 0.661. The topological polar surface area (TPSA) is 32.3 Å². The first-order valence-corrected chi connectivity index (χ1v) is 5.01. The van der Waals surface area contributed by atoms with Crippen molar-refractivity contribution in [1.29, 1.82) is 0 Å². The zero-order valence-corrected chi connectivity index (χ0v) is 8.25. The lowest BCUT2D eigenvalue weighted by molar-refractivity contribution is 0.203. The predicted octanol–water partition coefficient (Wildman–Crippen LogP) is 2.11. The lowest BCUT2D eigenvalue weighted by Crippen LogP contribution is -2.38. The van der Waals surface area contributed by atoms with Gasteiger partial charge in [0, 0.05) is 19.3 Å². The fourth-order valence-corrected chi connectivity index (χ4v) is 1.52. The van der Waals surface area contributed by atoms with E-state index in [1.54, 1.807) is 6.20 Å². The summed E-state index contributed by atoms with van der Waals surface area (Å²) in [4.78, 5) is 13.4. The second-order valence-electron chi connectivity index (χ2n) is 3.35. The molecule has 0 atom stereocenters. The molecule has 0 radical (unpaired) electrons. The molecule has 0 aromatic rings. The molecule has 1 aliphatic heterocycles. The molecule has 0 aliphatic carbocycles. The summed E-state index contributed by atoms with van der Waals surface area (Å²) in [7, 11) is 0. The summed E-state index contributed by atoms with van der Waals surface area (Å²) in [6.45, 7) is 3.70. The molecular formula is C10H18N2O. The standard InChI is InChI=1S/C10H18N2O/c1-2-7-11-10(13)12-8-5-3-4-6-9-12/h2,7H,3-6,8-9H2,1H3,(H,11,13)/b7-2+. The molecule has 13 heavy (non-hydrogen) atoms. The van der Waals surface area contributed by atoms with Crippen molar-refractivity contribution in [3.05, 3.63) is 12.3 Å². The van der Waals surface area contributed by atoms with Gasteiger partial charge >= 0.3 is 6.03 Å². The molecule has 1 N–H and O–H groups in total. The Labute approximate surface area is 79.8 Å². The summed E-state index contributed by atoms with van der Waals surface area (Å²) in [6, 6.07) is 0.0417. The van der Waals surface area contributed by atoms with E-state index in [1.807, 2.05) is 17.9 Å². The Morgan fingerprint density at radius 2 is 1.85 bits per heavy atom. The Morgan fingerprint density at radius 3 is 2.38 bits per heavy atom. The van der Waals surface area contributed by atoms with Gasteiger partial charge in [0.1, 0.15) is 0 Å². The number of urea groups is 1. The van der Waals surface area contributed by atoms with Crippen molar-refractivity contribution < 1.29 is 4.79 Å². The lowest BCUT2D eigenvalue weighted by Gasteiger charge is -2.19. The number of likely N-dealkylation sites (tertiary alicyclic amines) is 1. The maximum absolute atomic E-state index is 11.5. The summed E-state index contributed by atoms with van der Waals surface area (Å²) >= 11 is 0.